The number of aromatic nitrogens is 1. The molecule has 5 nitrogen and oxygen atoms in total. The molecule has 0 atom stereocenters. The van der Waals surface area contributed by atoms with Gasteiger partial charge in [0.2, 0.25) is 0 Å². The third-order valence-electron chi connectivity index (χ3n) is 5.93. The Morgan fingerprint density at radius 3 is 2.00 bits per heavy atom. The molecule has 0 saturated heterocycles. The Morgan fingerprint density at radius 1 is 0.886 bits per heavy atom. The maximum atomic E-state index is 10.8. The van der Waals surface area contributed by atoms with Gasteiger partial charge in [-0.05, 0) is 79.4 Å². The van der Waals surface area contributed by atoms with Crippen LogP contribution in [0.3, 0.4) is 0 Å². The minimum atomic E-state index is -0.388. The summed E-state index contributed by atoms with van der Waals surface area (Å²) in [5.74, 6) is 0. The van der Waals surface area contributed by atoms with Crippen LogP contribution in [-0.4, -0.2) is 15.7 Å². The maximum absolute atomic E-state index is 10.8. The van der Waals surface area contributed by atoms with Crippen LogP contribution in [0.2, 0.25) is 0 Å². The number of hydrogen-bond acceptors (Lipinski definition) is 4. The standard InChI is InChI=1S/C29H29N3O2S/c1-20-18-22(21(2)31(20)25-10-6-23(7-11-25)29(3,4)5)19-30-24-8-14-27(15-9-24)35-28-16-12-26(13-17-28)32(33)34/h6-19H,1-5H3. The summed E-state index contributed by atoms with van der Waals surface area (Å²) in [5, 5.41) is 10.8. The van der Waals surface area contributed by atoms with E-state index in [4.69, 9.17) is 0 Å². The molecule has 0 saturated carbocycles. The number of rotatable bonds is 6. The molecule has 1 aromatic heterocycles. The van der Waals surface area contributed by atoms with E-state index in [0.717, 1.165) is 32.4 Å². The number of nitro benzene ring substituents is 1. The van der Waals surface area contributed by atoms with E-state index in [0.29, 0.717) is 0 Å². The van der Waals surface area contributed by atoms with Crippen LogP contribution < -0.4 is 0 Å². The average Bonchev–Trinajstić information content (AvgIpc) is 3.11. The number of aliphatic imine (C=N–C) groups is 1. The van der Waals surface area contributed by atoms with E-state index in [1.165, 1.54) is 23.4 Å². The minimum Gasteiger partial charge on any atom is -0.318 e. The number of hydrogen-bond donors (Lipinski definition) is 0. The Labute approximate surface area is 210 Å². The average molecular weight is 484 g/mol. The van der Waals surface area contributed by atoms with Crippen molar-refractivity contribution in [2.45, 2.75) is 49.8 Å². The summed E-state index contributed by atoms with van der Waals surface area (Å²) < 4.78 is 2.26. The van der Waals surface area contributed by atoms with Gasteiger partial charge in [-0.2, -0.15) is 0 Å². The van der Waals surface area contributed by atoms with Crippen molar-refractivity contribution in [3.05, 3.63) is 111 Å². The molecule has 0 aliphatic rings. The second-order valence-corrected chi connectivity index (χ2v) is 10.7. The maximum Gasteiger partial charge on any atom is 0.269 e. The molecule has 4 aromatic rings. The molecule has 0 bridgehead atoms. The lowest BCUT2D eigenvalue weighted by Crippen LogP contribution is -2.11. The van der Waals surface area contributed by atoms with Crippen molar-refractivity contribution < 1.29 is 4.92 Å². The van der Waals surface area contributed by atoms with Crippen LogP contribution in [0.1, 0.15) is 43.3 Å². The summed E-state index contributed by atoms with van der Waals surface area (Å²) in [4.78, 5) is 17.1. The van der Waals surface area contributed by atoms with Gasteiger partial charge in [-0.25, -0.2) is 0 Å². The highest BCUT2D eigenvalue weighted by Gasteiger charge is 2.14. The summed E-state index contributed by atoms with van der Waals surface area (Å²) in [6.45, 7) is 10.9. The fourth-order valence-corrected chi connectivity index (χ4v) is 4.76. The monoisotopic (exact) mass is 483 g/mol. The zero-order valence-electron chi connectivity index (χ0n) is 20.6. The Balaban J connectivity index is 1.48. The molecule has 1 heterocycles. The van der Waals surface area contributed by atoms with Gasteiger partial charge in [0.05, 0.1) is 10.6 Å². The molecule has 0 amide bonds. The van der Waals surface area contributed by atoms with Crippen LogP contribution in [0.15, 0.2) is 93.6 Å². The first-order chi connectivity index (χ1) is 16.6. The summed E-state index contributed by atoms with van der Waals surface area (Å²) >= 11 is 1.56. The van der Waals surface area contributed by atoms with E-state index in [9.17, 15) is 10.1 Å². The predicted octanol–water partition coefficient (Wildman–Crippen LogP) is 8.20. The molecule has 3 aromatic carbocycles. The van der Waals surface area contributed by atoms with Crippen LogP contribution in [0.5, 0.6) is 0 Å². The van der Waals surface area contributed by atoms with Crippen molar-refractivity contribution in [2.75, 3.05) is 0 Å². The first-order valence-corrected chi connectivity index (χ1v) is 12.3. The van der Waals surface area contributed by atoms with E-state index < -0.39 is 0 Å². The number of nitrogens with zero attached hydrogens (tertiary/aromatic N) is 3. The summed E-state index contributed by atoms with van der Waals surface area (Å²) in [6.07, 6.45) is 1.92. The molecular weight excluding hydrogens is 454 g/mol. The van der Waals surface area contributed by atoms with Gasteiger partial charge >= 0.3 is 0 Å². The Bertz CT molecular complexity index is 1360. The number of aryl methyl sites for hydroxylation is 1. The molecule has 6 heteroatoms. The van der Waals surface area contributed by atoms with Crippen molar-refractivity contribution in [3.63, 3.8) is 0 Å². The zero-order chi connectivity index (χ0) is 25.2. The zero-order valence-corrected chi connectivity index (χ0v) is 21.5. The van der Waals surface area contributed by atoms with Crippen molar-refractivity contribution in [3.8, 4) is 5.69 Å². The lowest BCUT2D eigenvalue weighted by Gasteiger charge is -2.20. The van der Waals surface area contributed by atoms with Crippen LogP contribution in [-0.2, 0) is 5.41 Å². The molecule has 0 aliphatic carbocycles. The van der Waals surface area contributed by atoms with Gasteiger partial charge in [0.1, 0.15) is 0 Å². The van der Waals surface area contributed by atoms with E-state index in [-0.39, 0.29) is 16.0 Å². The van der Waals surface area contributed by atoms with E-state index >= 15 is 0 Å². The van der Waals surface area contributed by atoms with Gasteiger partial charge in [-0.3, -0.25) is 15.1 Å². The van der Waals surface area contributed by atoms with Gasteiger partial charge in [-0.15, -0.1) is 0 Å². The largest absolute Gasteiger partial charge is 0.318 e. The van der Waals surface area contributed by atoms with Crippen molar-refractivity contribution >= 4 is 29.4 Å². The molecule has 0 fully saturated rings. The molecule has 0 aliphatic heterocycles. The van der Waals surface area contributed by atoms with Crippen molar-refractivity contribution in [2.24, 2.45) is 4.99 Å². The summed E-state index contributed by atoms with van der Waals surface area (Å²) in [5.41, 5.74) is 6.99. The van der Waals surface area contributed by atoms with Gasteiger partial charge < -0.3 is 4.57 Å². The van der Waals surface area contributed by atoms with Crippen LogP contribution in [0, 0.1) is 24.0 Å². The summed E-state index contributed by atoms with van der Waals surface area (Å²) in [6, 6.07) is 25.5. The molecule has 178 valence electrons. The van der Waals surface area contributed by atoms with E-state index in [1.807, 2.05) is 30.5 Å². The molecule has 4 rings (SSSR count). The number of nitro groups is 1. The predicted molar refractivity (Wildman–Crippen MR) is 145 cm³/mol. The van der Waals surface area contributed by atoms with Gasteiger partial charge in [0.15, 0.2) is 0 Å². The van der Waals surface area contributed by atoms with Gasteiger partial charge in [0.25, 0.3) is 5.69 Å². The smallest absolute Gasteiger partial charge is 0.269 e. The first kappa shape index (κ1) is 24.5. The third kappa shape index (κ3) is 5.72. The van der Waals surface area contributed by atoms with Gasteiger partial charge in [0, 0.05) is 50.8 Å². The number of non-ortho nitro benzene ring substituents is 1. The third-order valence-corrected chi connectivity index (χ3v) is 6.95. The summed E-state index contributed by atoms with van der Waals surface area (Å²) in [7, 11) is 0. The van der Waals surface area contributed by atoms with Crippen LogP contribution >= 0.6 is 11.8 Å². The van der Waals surface area contributed by atoms with E-state index in [2.05, 4.69) is 74.5 Å². The highest BCUT2D eigenvalue weighted by atomic mass is 32.2. The normalized spacial score (nSPS) is 11.8. The fraction of sp³-hybridized carbons (Fsp3) is 0.207. The Hall–Kier alpha value is -3.64. The molecule has 35 heavy (non-hydrogen) atoms. The first-order valence-electron chi connectivity index (χ1n) is 11.5. The van der Waals surface area contributed by atoms with E-state index in [1.54, 1.807) is 23.9 Å². The second-order valence-electron chi connectivity index (χ2n) is 9.56. The lowest BCUT2D eigenvalue weighted by atomic mass is 9.87. The molecule has 0 spiro atoms. The van der Waals surface area contributed by atoms with Crippen LogP contribution in [0.25, 0.3) is 5.69 Å². The fourth-order valence-electron chi connectivity index (χ4n) is 3.94. The highest BCUT2D eigenvalue weighted by Crippen LogP contribution is 2.30. The lowest BCUT2D eigenvalue weighted by molar-refractivity contribution is -0.384. The number of benzene rings is 3. The second kappa shape index (κ2) is 9.92. The quantitative estimate of drug-likeness (QED) is 0.158. The molecule has 0 unspecified atom stereocenters. The topological polar surface area (TPSA) is 60.4 Å². The molecule has 0 N–H and O–H groups in total. The van der Waals surface area contributed by atoms with Crippen molar-refractivity contribution in [1.82, 2.24) is 4.57 Å². The van der Waals surface area contributed by atoms with Crippen LogP contribution in [0.4, 0.5) is 11.4 Å². The Kier molecular flexibility index (Phi) is 6.94. The molecule has 0 radical (unpaired) electrons. The SMILES string of the molecule is Cc1cc(C=Nc2ccc(Sc3ccc([N+](=O)[O-])cc3)cc2)c(C)n1-c1ccc(C(C)(C)C)cc1. The van der Waals surface area contributed by atoms with Gasteiger partial charge in [-0.1, -0.05) is 44.7 Å². The van der Waals surface area contributed by atoms with Crippen molar-refractivity contribution in [1.29, 1.82) is 0 Å². The minimum absolute atomic E-state index is 0.0975. The molecular formula is C29H29N3O2S. The Morgan fingerprint density at radius 2 is 1.46 bits per heavy atom. The highest BCUT2D eigenvalue weighted by molar-refractivity contribution is 7.99.